The second kappa shape index (κ2) is 5.97. The molecule has 1 aromatic carbocycles. The number of aliphatic carboxylic acids is 1. The number of benzene rings is 1. The standard InChI is InChI=1S/C15H21NO2S/c1-3-9-15(2,14(17)18)16-12-8-10-19-13-7-5-4-6-11(12)13/h4-7,12,16H,3,8-10H2,1-2H3,(H,17,18). The van der Waals surface area contributed by atoms with Gasteiger partial charge in [-0.2, -0.15) is 0 Å². The molecule has 19 heavy (non-hydrogen) atoms. The number of hydrogen-bond donors (Lipinski definition) is 2. The van der Waals surface area contributed by atoms with Gasteiger partial charge in [-0.05, 0) is 37.1 Å². The minimum absolute atomic E-state index is 0.144. The van der Waals surface area contributed by atoms with E-state index in [1.54, 1.807) is 6.92 Å². The highest BCUT2D eigenvalue weighted by molar-refractivity contribution is 7.99. The molecule has 0 fully saturated rings. The maximum Gasteiger partial charge on any atom is 0.323 e. The van der Waals surface area contributed by atoms with Gasteiger partial charge in [0.2, 0.25) is 0 Å². The molecule has 3 nitrogen and oxygen atoms in total. The van der Waals surface area contributed by atoms with Crippen LogP contribution in [0.25, 0.3) is 0 Å². The van der Waals surface area contributed by atoms with E-state index in [9.17, 15) is 9.90 Å². The Labute approximate surface area is 118 Å². The lowest BCUT2D eigenvalue weighted by Crippen LogP contribution is -2.51. The van der Waals surface area contributed by atoms with Gasteiger partial charge in [-0.3, -0.25) is 10.1 Å². The summed E-state index contributed by atoms with van der Waals surface area (Å²) in [4.78, 5) is 12.8. The predicted molar refractivity (Wildman–Crippen MR) is 78.6 cm³/mol. The molecule has 0 radical (unpaired) electrons. The van der Waals surface area contributed by atoms with Gasteiger partial charge in [0.25, 0.3) is 0 Å². The molecule has 0 aliphatic carbocycles. The average Bonchev–Trinajstić information content (AvgIpc) is 2.39. The molecule has 4 heteroatoms. The molecule has 2 N–H and O–H groups in total. The first-order valence-electron chi connectivity index (χ1n) is 6.79. The third kappa shape index (κ3) is 3.12. The highest BCUT2D eigenvalue weighted by atomic mass is 32.2. The molecule has 0 amide bonds. The summed E-state index contributed by atoms with van der Waals surface area (Å²) >= 11 is 1.85. The van der Waals surface area contributed by atoms with Crippen LogP contribution in [0.15, 0.2) is 29.2 Å². The van der Waals surface area contributed by atoms with E-state index in [0.717, 1.165) is 18.6 Å². The number of hydrogen-bond acceptors (Lipinski definition) is 3. The minimum Gasteiger partial charge on any atom is -0.480 e. The molecule has 2 unspecified atom stereocenters. The lowest BCUT2D eigenvalue weighted by atomic mass is 9.92. The highest BCUT2D eigenvalue weighted by Crippen LogP contribution is 2.37. The second-order valence-corrected chi connectivity index (χ2v) is 6.40. The molecule has 0 aromatic heterocycles. The first-order valence-corrected chi connectivity index (χ1v) is 7.78. The molecule has 2 atom stereocenters. The van der Waals surface area contributed by atoms with Crippen LogP contribution in [0.1, 0.15) is 44.7 Å². The topological polar surface area (TPSA) is 49.3 Å². The van der Waals surface area contributed by atoms with E-state index >= 15 is 0 Å². The number of nitrogens with one attached hydrogen (secondary N) is 1. The van der Waals surface area contributed by atoms with Crippen LogP contribution < -0.4 is 5.32 Å². The Bertz CT molecular complexity index is 463. The van der Waals surface area contributed by atoms with Crippen LogP contribution in [0.5, 0.6) is 0 Å². The fraction of sp³-hybridized carbons (Fsp3) is 0.533. The molecule has 2 rings (SSSR count). The van der Waals surface area contributed by atoms with E-state index < -0.39 is 11.5 Å². The van der Waals surface area contributed by atoms with Crippen LogP contribution in [0, 0.1) is 0 Å². The van der Waals surface area contributed by atoms with Gasteiger partial charge >= 0.3 is 5.97 Å². The molecule has 0 bridgehead atoms. The summed E-state index contributed by atoms with van der Waals surface area (Å²) in [6.45, 7) is 3.82. The Hall–Kier alpha value is -1.00. The molecule has 0 saturated carbocycles. The van der Waals surface area contributed by atoms with Crippen LogP contribution in [0.4, 0.5) is 0 Å². The number of fused-ring (bicyclic) bond motifs is 1. The van der Waals surface area contributed by atoms with Crippen molar-refractivity contribution in [3.8, 4) is 0 Å². The third-order valence-corrected chi connectivity index (χ3v) is 4.80. The fourth-order valence-electron chi connectivity index (χ4n) is 2.62. The van der Waals surface area contributed by atoms with Crippen molar-refractivity contribution >= 4 is 17.7 Å². The largest absolute Gasteiger partial charge is 0.480 e. The number of carboxylic acid groups (broad SMARTS) is 1. The Balaban J connectivity index is 2.22. The van der Waals surface area contributed by atoms with E-state index in [1.807, 2.05) is 30.8 Å². The van der Waals surface area contributed by atoms with Crippen molar-refractivity contribution in [2.75, 3.05) is 5.75 Å². The molecular formula is C15H21NO2S. The second-order valence-electron chi connectivity index (χ2n) is 5.26. The van der Waals surface area contributed by atoms with E-state index in [0.29, 0.717) is 6.42 Å². The van der Waals surface area contributed by atoms with Crippen molar-refractivity contribution in [1.82, 2.24) is 5.32 Å². The molecule has 1 aliphatic rings. The van der Waals surface area contributed by atoms with Crippen LogP contribution in [0.2, 0.25) is 0 Å². The smallest absolute Gasteiger partial charge is 0.323 e. The van der Waals surface area contributed by atoms with Crippen molar-refractivity contribution in [1.29, 1.82) is 0 Å². The van der Waals surface area contributed by atoms with Crippen molar-refractivity contribution in [3.63, 3.8) is 0 Å². The van der Waals surface area contributed by atoms with E-state index in [1.165, 1.54) is 10.5 Å². The Morgan fingerprint density at radius 2 is 2.26 bits per heavy atom. The summed E-state index contributed by atoms with van der Waals surface area (Å²) in [5.41, 5.74) is 0.400. The summed E-state index contributed by atoms with van der Waals surface area (Å²) in [5.74, 6) is 0.279. The Kier molecular flexibility index (Phi) is 4.53. The number of thioether (sulfide) groups is 1. The Morgan fingerprint density at radius 1 is 1.53 bits per heavy atom. The summed E-state index contributed by atoms with van der Waals surface area (Å²) in [6, 6.07) is 8.43. The van der Waals surface area contributed by atoms with E-state index in [-0.39, 0.29) is 6.04 Å². The lowest BCUT2D eigenvalue weighted by molar-refractivity contribution is -0.145. The summed E-state index contributed by atoms with van der Waals surface area (Å²) in [5, 5.41) is 12.9. The Morgan fingerprint density at radius 3 is 2.95 bits per heavy atom. The maximum absolute atomic E-state index is 11.5. The zero-order chi connectivity index (χ0) is 13.9. The van der Waals surface area contributed by atoms with Gasteiger partial charge < -0.3 is 5.11 Å². The summed E-state index contributed by atoms with van der Waals surface area (Å²) < 4.78 is 0. The van der Waals surface area contributed by atoms with Crippen LogP contribution in [-0.2, 0) is 4.79 Å². The lowest BCUT2D eigenvalue weighted by Gasteiger charge is -2.34. The van der Waals surface area contributed by atoms with Crippen molar-refractivity contribution < 1.29 is 9.90 Å². The van der Waals surface area contributed by atoms with Crippen LogP contribution in [0.3, 0.4) is 0 Å². The van der Waals surface area contributed by atoms with Gasteiger partial charge in [-0.15, -0.1) is 11.8 Å². The molecular weight excluding hydrogens is 258 g/mol. The molecule has 1 aromatic rings. The average molecular weight is 279 g/mol. The first-order chi connectivity index (χ1) is 9.07. The zero-order valence-corrected chi connectivity index (χ0v) is 12.3. The fourth-order valence-corrected chi connectivity index (χ4v) is 3.74. The number of carbonyl (C=O) groups is 1. The monoisotopic (exact) mass is 279 g/mol. The van der Waals surface area contributed by atoms with Gasteiger partial charge in [0, 0.05) is 10.9 Å². The van der Waals surface area contributed by atoms with Gasteiger partial charge in [0.1, 0.15) is 5.54 Å². The quantitative estimate of drug-likeness (QED) is 0.866. The van der Waals surface area contributed by atoms with E-state index in [4.69, 9.17) is 0 Å². The molecule has 1 aliphatic heterocycles. The van der Waals surface area contributed by atoms with Crippen molar-refractivity contribution in [2.24, 2.45) is 0 Å². The zero-order valence-electron chi connectivity index (χ0n) is 11.5. The molecule has 104 valence electrons. The minimum atomic E-state index is -0.839. The molecule has 1 heterocycles. The van der Waals surface area contributed by atoms with Crippen LogP contribution in [-0.4, -0.2) is 22.4 Å². The van der Waals surface area contributed by atoms with Crippen molar-refractivity contribution in [2.45, 2.75) is 49.6 Å². The highest BCUT2D eigenvalue weighted by Gasteiger charge is 2.35. The van der Waals surface area contributed by atoms with E-state index in [2.05, 4.69) is 17.4 Å². The third-order valence-electron chi connectivity index (χ3n) is 3.67. The normalized spacial score (nSPS) is 21.5. The summed E-state index contributed by atoms with van der Waals surface area (Å²) in [7, 11) is 0. The maximum atomic E-state index is 11.5. The van der Waals surface area contributed by atoms with Crippen LogP contribution >= 0.6 is 11.8 Å². The predicted octanol–water partition coefficient (Wildman–Crippen LogP) is 3.46. The van der Waals surface area contributed by atoms with Gasteiger partial charge in [-0.1, -0.05) is 31.5 Å². The van der Waals surface area contributed by atoms with Gasteiger partial charge in [0.05, 0.1) is 0 Å². The summed E-state index contributed by atoms with van der Waals surface area (Å²) in [6.07, 6.45) is 2.49. The molecule has 0 spiro atoms. The van der Waals surface area contributed by atoms with Gasteiger partial charge in [-0.25, -0.2) is 0 Å². The number of rotatable bonds is 5. The first kappa shape index (κ1) is 14.4. The van der Waals surface area contributed by atoms with Gasteiger partial charge in [0.15, 0.2) is 0 Å². The number of carboxylic acids is 1. The van der Waals surface area contributed by atoms with Crippen molar-refractivity contribution in [3.05, 3.63) is 29.8 Å². The molecule has 0 saturated heterocycles. The SMILES string of the molecule is CCCC(C)(NC1CCSc2ccccc21)C(=O)O.